The third kappa shape index (κ3) is 7.33. The summed E-state index contributed by atoms with van der Waals surface area (Å²) in [6, 6.07) is 0.353. The zero-order valence-electron chi connectivity index (χ0n) is 12.7. The van der Waals surface area contributed by atoms with Crippen molar-refractivity contribution in [1.82, 2.24) is 16.0 Å². The summed E-state index contributed by atoms with van der Waals surface area (Å²) in [4.78, 5) is 15.9. The quantitative estimate of drug-likeness (QED) is 0.364. The van der Waals surface area contributed by atoms with Gasteiger partial charge in [0.1, 0.15) is 0 Å². The van der Waals surface area contributed by atoms with Gasteiger partial charge in [-0.15, -0.1) is 0 Å². The zero-order chi connectivity index (χ0) is 14.6. The summed E-state index contributed by atoms with van der Waals surface area (Å²) in [5.41, 5.74) is 0. The highest BCUT2D eigenvalue weighted by Gasteiger charge is 2.15. The predicted molar refractivity (Wildman–Crippen MR) is 80.9 cm³/mol. The molecule has 1 saturated carbocycles. The van der Waals surface area contributed by atoms with E-state index in [4.69, 9.17) is 4.74 Å². The lowest BCUT2D eigenvalue weighted by Gasteiger charge is -2.23. The molecule has 0 spiro atoms. The fourth-order valence-corrected chi connectivity index (χ4v) is 2.30. The molecule has 20 heavy (non-hydrogen) atoms. The molecule has 0 heterocycles. The fourth-order valence-electron chi connectivity index (χ4n) is 2.30. The molecule has 6 heteroatoms. The number of amides is 1. The maximum absolute atomic E-state index is 11.8. The van der Waals surface area contributed by atoms with E-state index in [0.717, 1.165) is 12.8 Å². The first-order valence-electron chi connectivity index (χ1n) is 7.58. The van der Waals surface area contributed by atoms with Crippen molar-refractivity contribution in [2.45, 2.75) is 45.1 Å². The van der Waals surface area contributed by atoms with E-state index in [-0.39, 0.29) is 12.5 Å². The van der Waals surface area contributed by atoms with Crippen LogP contribution < -0.4 is 16.0 Å². The second-order valence-corrected chi connectivity index (χ2v) is 4.95. The second-order valence-electron chi connectivity index (χ2n) is 4.95. The van der Waals surface area contributed by atoms with E-state index in [2.05, 4.69) is 20.9 Å². The summed E-state index contributed by atoms with van der Waals surface area (Å²) in [5.74, 6) is 0.660. The number of nitrogens with zero attached hydrogens (tertiary/aromatic N) is 1. The Balaban J connectivity index is 2.14. The van der Waals surface area contributed by atoms with Gasteiger partial charge in [-0.25, -0.2) is 0 Å². The van der Waals surface area contributed by atoms with Gasteiger partial charge < -0.3 is 20.7 Å². The number of nitrogens with one attached hydrogen (secondary N) is 3. The molecule has 0 atom stereocenters. The average Bonchev–Trinajstić information content (AvgIpc) is 2.47. The Morgan fingerprint density at radius 3 is 2.65 bits per heavy atom. The van der Waals surface area contributed by atoms with Gasteiger partial charge in [-0.05, 0) is 19.8 Å². The molecule has 3 N–H and O–H groups in total. The van der Waals surface area contributed by atoms with Crippen LogP contribution in [0.3, 0.4) is 0 Å². The Morgan fingerprint density at radius 2 is 2.00 bits per heavy atom. The Hall–Kier alpha value is -1.30. The summed E-state index contributed by atoms with van der Waals surface area (Å²) in [6.45, 7) is 4.23. The van der Waals surface area contributed by atoms with Crippen LogP contribution in [-0.4, -0.2) is 51.3 Å². The van der Waals surface area contributed by atoms with Gasteiger partial charge in [0.05, 0.1) is 13.2 Å². The Morgan fingerprint density at radius 1 is 1.25 bits per heavy atom. The molecule has 0 saturated heterocycles. The highest BCUT2D eigenvalue weighted by Crippen LogP contribution is 2.16. The minimum absolute atomic E-state index is 0.0321. The number of ether oxygens (including phenoxy) is 1. The molecule has 0 aliphatic heterocycles. The normalized spacial score (nSPS) is 16.8. The average molecular weight is 284 g/mol. The zero-order valence-corrected chi connectivity index (χ0v) is 12.7. The molecule has 1 aliphatic rings. The lowest BCUT2D eigenvalue weighted by molar-refractivity contribution is -0.120. The highest BCUT2D eigenvalue weighted by molar-refractivity contribution is 5.86. The third-order valence-corrected chi connectivity index (χ3v) is 3.35. The van der Waals surface area contributed by atoms with E-state index in [1.165, 1.54) is 19.3 Å². The van der Waals surface area contributed by atoms with Gasteiger partial charge >= 0.3 is 0 Å². The number of hydrogen-bond donors (Lipinski definition) is 3. The molecule has 1 fully saturated rings. The van der Waals surface area contributed by atoms with Crippen molar-refractivity contribution >= 4 is 11.9 Å². The van der Waals surface area contributed by atoms with Gasteiger partial charge in [0.25, 0.3) is 0 Å². The predicted octanol–water partition coefficient (Wildman–Crippen LogP) is 0.637. The van der Waals surface area contributed by atoms with E-state index < -0.39 is 0 Å². The van der Waals surface area contributed by atoms with Gasteiger partial charge in [0.15, 0.2) is 5.96 Å². The van der Waals surface area contributed by atoms with Crippen molar-refractivity contribution in [2.75, 3.05) is 33.4 Å². The van der Waals surface area contributed by atoms with Crippen molar-refractivity contribution < 1.29 is 9.53 Å². The molecular formula is C14H28N4O2. The molecular weight excluding hydrogens is 256 g/mol. The van der Waals surface area contributed by atoms with Crippen molar-refractivity contribution in [3.05, 3.63) is 0 Å². The minimum Gasteiger partial charge on any atom is -0.380 e. The van der Waals surface area contributed by atoms with Crippen LogP contribution in [0.1, 0.15) is 39.0 Å². The Labute approximate surface area is 121 Å². The van der Waals surface area contributed by atoms with Gasteiger partial charge in [-0.3, -0.25) is 9.79 Å². The monoisotopic (exact) mass is 284 g/mol. The molecule has 6 nitrogen and oxygen atoms in total. The van der Waals surface area contributed by atoms with E-state index >= 15 is 0 Å². The molecule has 0 unspecified atom stereocenters. The minimum atomic E-state index is 0.0321. The van der Waals surface area contributed by atoms with Crippen LogP contribution in [0.5, 0.6) is 0 Å². The number of carbonyl (C=O) groups is 1. The number of carbonyl (C=O) groups excluding carboxylic acids is 1. The number of hydrogen-bond acceptors (Lipinski definition) is 3. The topological polar surface area (TPSA) is 74.8 Å². The van der Waals surface area contributed by atoms with Crippen molar-refractivity contribution in [1.29, 1.82) is 0 Å². The Bertz CT molecular complexity index is 302. The van der Waals surface area contributed by atoms with E-state index in [9.17, 15) is 4.79 Å². The summed E-state index contributed by atoms with van der Waals surface area (Å²) >= 11 is 0. The lowest BCUT2D eigenvalue weighted by Crippen LogP contribution is -2.46. The van der Waals surface area contributed by atoms with E-state index in [1.807, 2.05) is 6.92 Å². The fraction of sp³-hybridized carbons (Fsp3) is 0.857. The Kier molecular flexibility index (Phi) is 8.78. The van der Waals surface area contributed by atoms with Crippen LogP contribution >= 0.6 is 0 Å². The molecule has 0 bridgehead atoms. The SMILES string of the molecule is CCOCCNC(=NC)NCC(=O)NC1CCCCC1. The van der Waals surface area contributed by atoms with Gasteiger partial charge in [-0.1, -0.05) is 19.3 Å². The standard InChI is InChI=1S/C14H28N4O2/c1-3-20-10-9-16-14(15-2)17-11-13(19)18-12-7-5-4-6-8-12/h12H,3-11H2,1-2H3,(H,18,19)(H2,15,16,17). The van der Waals surface area contributed by atoms with Crippen LogP contribution in [0.25, 0.3) is 0 Å². The summed E-state index contributed by atoms with van der Waals surface area (Å²) in [5, 5.41) is 9.17. The van der Waals surface area contributed by atoms with Crippen molar-refractivity contribution in [3.8, 4) is 0 Å². The molecule has 1 aliphatic carbocycles. The second kappa shape index (κ2) is 10.5. The van der Waals surface area contributed by atoms with Crippen molar-refractivity contribution in [3.63, 3.8) is 0 Å². The molecule has 0 aromatic carbocycles. The number of guanidine groups is 1. The number of rotatable bonds is 7. The van der Waals surface area contributed by atoms with Gasteiger partial charge in [0, 0.05) is 26.2 Å². The maximum Gasteiger partial charge on any atom is 0.239 e. The van der Waals surface area contributed by atoms with Crippen molar-refractivity contribution in [2.24, 2.45) is 4.99 Å². The maximum atomic E-state index is 11.8. The molecule has 1 rings (SSSR count). The highest BCUT2D eigenvalue weighted by atomic mass is 16.5. The molecule has 0 aromatic rings. The molecule has 116 valence electrons. The van der Waals surface area contributed by atoms with Crippen LogP contribution in [0.15, 0.2) is 4.99 Å². The van der Waals surface area contributed by atoms with Crippen LogP contribution in [0.4, 0.5) is 0 Å². The van der Waals surface area contributed by atoms with Crippen LogP contribution in [0, 0.1) is 0 Å². The summed E-state index contributed by atoms with van der Waals surface area (Å²) in [7, 11) is 1.69. The first-order chi connectivity index (χ1) is 9.76. The molecule has 0 aromatic heterocycles. The first-order valence-corrected chi connectivity index (χ1v) is 7.58. The molecule has 0 radical (unpaired) electrons. The smallest absolute Gasteiger partial charge is 0.239 e. The van der Waals surface area contributed by atoms with E-state index in [1.54, 1.807) is 7.05 Å². The number of aliphatic imine (C=N–C) groups is 1. The van der Waals surface area contributed by atoms with Gasteiger partial charge in [-0.2, -0.15) is 0 Å². The third-order valence-electron chi connectivity index (χ3n) is 3.35. The van der Waals surface area contributed by atoms with Gasteiger partial charge in [0.2, 0.25) is 5.91 Å². The summed E-state index contributed by atoms with van der Waals surface area (Å²) < 4.78 is 5.23. The van der Waals surface area contributed by atoms with Crippen LogP contribution in [0.2, 0.25) is 0 Å². The van der Waals surface area contributed by atoms with Crippen LogP contribution in [-0.2, 0) is 9.53 Å². The lowest BCUT2D eigenvalue weighted by atomic mass is 9.95. The summed E-state index contributed by atoms with van der Waals surface area (Å²) in [6.07, 6.45) is 5.94. The largest absolute Gasteiger partial charge is 0.380 e. The first kappa shape index (κ1) is 16.8. The molecule has 1 amide bonds. The van der Waals surface area contributed by atoms with E-state index in [0.29, 0.717) is 31.8 Å².